The van der Waals surface area contributed by atoms with E-state index in [2.05, 4.69) is 10.3 Å². The second-order valence-corrected chi connectivity index (χ2v) is 6.04. The van der Waals surface area contributed by atoms with Crippen LogP contribution in [-0.4, -0.2) is 35.2 Å². The van der Waals surface area contributed by atoms with Crippen molar-refractivity contribution in [2.75, 3.05) is 19.8 Å². The number of carbonyl (C=O) groups is 1. The molecular formula is C17H23Cl2FN4O2. The van der Waals surface area contributed by atoms with Gasteiger partial charge in [0, 0.05) is 38.7 Å². The fourth-order valence-corrected chi connectivity index (χ4v) is 2.93. The third kappa shape index (κ3) is 4.73. The Balaban J connectivity index is 0.00000169. The molecule has 3 N–H and O–H groups in total. The molecule has 144 valence electrons. The Morgan fingerprint density at radius 1 is 1.35 bits per heavy atom. The second-order valence-electron chi connectivity index (χ2n) is 6.04. The molecule has 1 amide bonds. The van der Waals surface area contributed by atoms with Crippen molar-refractivity contribution >= 4 is 30.7 Å². The Morgan fingerprint density at radius 3 is 2.65 bits per heavy atom. The SMILES string of the molecule is Cl.Cl.NCC1(C(=O)NCc2ccc(-n3ccnc3)c(F)c2)CCOCC1. The lowest BCUT2D eigenvalue weighted by molar-refractivity contribution is -0.136. The van der Waals surface area contributed by atoms with E-state index in [4.69, 9.17) is 10.5 Å². The number of nitrogens with one attached hydrogen (secondary N) is 1. The van der Waals surface area contributed by atoms with Gasteiger partial charge in [-0.05, 0) is 30.5 Å². The van der Waals surface area contributed by atoms with Gasteiger partial charge in [-0.1, -0.05) is 6.07 Å². The van der Waals surface area contributed by atoms with Crippen LogP contribution in [0.1, 0.15) is 18.4 Å². The molecule has 0 bridgehead atoms. The Hall–Kier alpha value is -1.67. The lowest BCUT2D eigenvalue weighted by Gasteiger charge is -2.34. The minimum absolute atomic E-state index is 0. The minimum Gasteiger partial charge on any atom is -0.381 e. The number of hydrogen-bond acceptors (Lipinski definition) is 4. The molecular weight excluding hydrogens is 382 g/mol. The average Bonchev–Trinajstić information content (AvgIpc) is 3.14. The highest BCUT2D eigenvalue weighted by atomic mass is 35.5. The van der Waals surface area contributed by atoms with Gasteiger partial charge in [0.25, 0.3) is 0 Å². The summed E-state index contributed by atoms with van der Waals surface area (Å²) in [6, 6.07) is 4.89. The summed E-state index contributed by atoms with van der Waals surface area (Å²) in [6.45, 7) is 1.64. The van der Waals surface area contributed by atoms with Gasteiger partial charge in [-0.25, -0.2) is 9.37 Å². The topological polar surface area (TPSA) is 82.2 Å². The summed E-state index contributed by atoms with van der Waals surface area (Å²) in [6.07, 6.45) is 6.03. The highest BCUT2D eigenvalue weighted by molar-refractivity contribution is 5.85. The molecule has 1 aromatic heterocycles. The van der Waals surface area contributed by atoms with Gasteiger partial charge >= 0.3 is 0 Å². The Bertz CT molecular complexity index is 707. The molecule has 6 nitrogen and oxygen atoms in total. The standard InChI is InChI=1S/C17H21FN4O2.2ClH/c18-14-9-13(1-2-15(14)22-6-5-20-12-22)10-21-16(23)17(11-19)3-7-24-8-4-17;;/h1-2,5-6,9,12H,3-4,7-8,10-11,19H2,(H,21,23);2*1H. The van der Waals surface area contributed by atoms with Gasteiger partial charge in [0.05, 0.1) is 17.4 Å². The highest BCUT2D eigenvalue weighted by Gasteiger charge is 2.38. The first kappa shape index (κ1) is 22.4. The monoisotopic (exact) mass is 404 g/mol. The van der Waals surface area contributed by atoms with Crippen molar-refractivity contribution in [3.05, 3.63) is 48.3 Å². The molecule has 0 saturated carbocycles. The summed E-state index contributed by atoms with van der Waals surface area (Å²) < 4.78 is 21.1. The van der Waals surface area contributed by atoms with Crippen molar-refractivity contribution in [3.8, 4) is 5.69 Å². The third-order valence-electron chi connectivity index (χ3n) is 4.57. The Kier molecular flexibility index (Phi) is 8.49. The molecule has 1 aromatic carbocycles. The van der Waals surface area contributed by atoms with Crippen LogP contribution in [0, 0.1) is 11.2 Å². The maximum absolute atomic E-state index is 14.2. The van der Waals surface area contributed by atoms with E-state index in [9.17, 15) is 9.18 Å². The summed E-state index contributed by atoms with van der Waals surface area (Å²) in [5.41, 5.74) is 6.37. The molecule has 1 saturated heterocycles. The largest absolute Gasteiger partial charge is 0.381 e. The van der Waals surface area contributed by atoms with Crippen LogP contribution < -0.4 is 11.1 Å². The molecule has 0 atom stereocenters. The molecule has 26 heavy (non-hydrogen) atoms. The molecule has 0 aliphatic carbocycles. The quantitative estimate of drug-likeness (QED) is 0.800. The van der Waals surface area contributed by atoms with Crippen LogP contribution in [-0.2, 0) is 16.1 Å². The van der Waals surface area contributed by atoms with Crippen LogP contribution >= 0.6 is 24.8 Å². The van der Waals surface area contributed by atoms with Crippen LogP contribution in [0.4, 0.5) is 4.39 Å². The number of nitrogens with zero attached hydrogens (tertiary/aromatic N) is 2. The Labute approximate surface area is 164 Å². The minimum atomic E-state index is -0.576. The zero-order valence-electron chi connectivity index (χ0n) is 14.2. The molecule has 3 rings (SSSR count). The van der Waals surface area contributed by atoms with Gasteiger partial charge in [-0.3, -0.25) is 4.79 Å². The van der Waals surface area contributed by atoms with E-state index >= 15 is 0 Å². The number of aromatic nitrogens is 2. The van der Waals surface area contributed by atoms with E-state index in [0.717, 1.165) is 0 Å². The fraction of sp³-hybridized carbons (Fsp3) is 0.412. The molecule has 0 radical (unpaired) electrons. The molecule has 2 heterocycles. The number of carbonyl (C=O) groups excluding carboxylic acids is 1. The lowest BCUT2D eigenvalue weighted by atomic mass is 9.79. The van der Waals surface area contributed by atoms with Gasteiger partial charge < -0.3 is 20.4 Å². The third-order valence-corrected chi connectivity index (χ3v) is 4.57. The fourth-order valence-electron chi connectivity index (χ4n) is 2.93. The normalized spacial score (nSPS) is 15.5. The van der Waals surface area contributed by atoms with E-state index in [1.54, 1.807) is 29.1 Å². The second kappa shape index (κ2) is 9.87. The van der Waals surface area contributed by atoms with Gasteiger partial charge in [0.2, 0.25) is 5.91 Å². The number of amides is 1. The summed E-state index contributed by atoms with van der Waals surface area (Å²) in [4.78, 5) is 16.4. The molecule has 9 heteroatoms. The molecule has 1 aliphatic rings. The smallest absolute Gasteiger partial charge is 0.227 e. The molecule has 1 aliphatic heterocycles. The van der Waals surface area contributed by atoms with Crippen molar-refractivity contribution < 1.29 is 13.9 Å². The van der Waals surface area contributed by atoms with E-state index in [-0.39, 0.29) is 49.6 Å². The number of hydrogen-bond donors (Lipinski definition) is 2. The molecule has 2 aromatic rings. The van der Waals surface area contributed by atoms with E-state index in [1.165, 1.54) is 12.4 Å². The summed E-state index contributed by atoms with van der Waals surface area (Å²) in [5.74, 6) is -0.452. The zero-order valence-corrected chi connectivity index (χ0v) is 15.8. The number of rotatable bonds is 5. The average molecular weight is 405 g/mol. The van der Waals surface area contributed by atoms with E-state index in [1.807, 2.05) is 0 Å². The molecule has 0 unspecified atom stereocenters. The number of ether oxygens (including phenoxy) is 1. The first-order valence-electron chi connectivity index (χ1n) is 7.97. The maximum Gasteiger partial charge on any atom is 0.227 e. The molecule has 0 spiro atoms. The first-order chi connectivity index (χ1) is 11.6. The number of benzene rings is 1. The summed E-state index contributed by atoms with van der Waals surface area (Å²) in [7, 11) is 0. The molecule has 1 fully saturated rings. The van der Waals surface area contributed by atoms with E-state index in [0.29, 0.717) is 37.3 Å². The lowest BCUT2D eigenvalue weighted by Crippen LogP contribution is -2.48. The zero-order chi connectivity index (χ0) is 17.0. The van der Waals surface area contributed by atoms with Crippen LogP contribution in [0.3, 0.4) is 0 Å². The first-order valence-corrected chi connectivity index (χ1v) is 7.97. The maximum atomic E-state index is 14.2. The van der Waals surface area contributed by atoms with Crippen molar-refractivity contribution in [2.24, 2.45) is 11.1 Å². The summed E-state index contributed by atoms with van der Waals surface area (Å²) in [5, 5.41) is 2.88. The van der Waals surface area contributed by atoms with Crippen molar-refractivity contribution in [1.29, 1.82) is 0 Å². The predicted molar refractivity (Wildman–Crippen MR) is 101 cm³/mol. The summed E-state index contributed by atoms with van der Waals surface area (Å²) >= 11 is 0. The van der Waals surface area contributed by atoms with E-state index < -0.39 is 5.41 Å². The van der Waals surface area contributed by atoms with Crippen LogP contribution in [0.15, 0.2) is 36.9 Å². The van der Waals surface area contributed by atoms with Crippen LogP contribution in [0.25, 0.3) is 5.69 Å². The number of nitrogens with two attached hydrogens (primary N) is 1. The number of imidazole rings is 1. The van der Waals surface area contributed by atoms with Crippen molar-refractivity contribution in [1.82, 2.24) is 14.9 Å². The van der Waals surface area contributed by atoms with Crippen molar-refractivity contribution in [2.45, 2.75) is 19.4 Å². The van der Waals surface area contributed by atoms with Gasteiger partial charge in [-0.2, -0.15) is 0 Å². The van der Waals surface area contributed by atoms with Gasteiger partial charge in [-0.15, -0.1) is 24.8 Å². The Morgan fingerprint density at radius 2 is 2.08 bits per heavy atom. The van der Waals surface area contributed by atoms with Crippen LogP contribution in [0.2, 0.25) is 0 Å². The highest BCUT2D eigenvalue weighted by Crippen LogP contribution is 2.29. The number of halogens is 3. The van der Waals surface area contributed by atoms with Gasteiger partial charge in [0.15, 0.2) is 0 Å². The van der Waals surface area contributed by atoms with Crippen LogP contribution in [0.5, 0.6) is 0 Å². The van der Waals surface area contributed by atoms with Gasteiger partial charge in [0.1, 0.15) is 5.82 Å². The van der Waals surface area contributed by atoms with Crippen molar-refractivity contribution in [3.63, 3.8) is 0 Å². The predicted octanol–water partition coefficient (Wildman–Crippen LogP) is 2.23.